The Kier molecular flexibility index (Phi) is 1.81. The molecule has 0 saturated carbocycles. The predicted molar refractivity (Wildman–Crippen MR) is 76.0 cm³/mol. The van der Waals surface area contributed by atoms with Gasteiger partial charge in [0.1, 0.15) is 11.2 Å². The Morgan fingerprint density at radius 1 is 0.833 bits per heavy atom. The fourth-order valence-electron chi connectivity index (χ4n) is 2.74. The van der Waals surface area contributed by atoms with Crippen molar-refractivity contribution in [2.24, 2.45) is 0 Å². The third-order valence-corrected chi connectivity index (χ3v) is 3.56. The summed E-state index contributed by atoms with van der Waals surface area (Å²) >= 11 is 0. The van der Waals surface area contributed by atoms with Gasteiger partial charge in [-0.15, -0.1) is 0 Å². The molecule has 18 heavy (non-hydrogen) atoms. The maximum Gasteiger partial charge on any atom is 0.138 e. The van der Waals surface area contributed by atoms with Crippen molar-refractivity contribution in [3.05, 3.63) is 60.2 Å². The Morgan fingerprint density at radius 3 is 2.44 bits per heavy atom. The molecule has 0 bridgehead atoms. The molecule has 1 heteroatoms. The Morgan fingerprint density at radius 2 is 1.56 bits per heavy atom. The fraction of sp³-hybridized carbons (Fsp3) is 0.0588. The standard InChI is InChI=1S/C17H12O/c1-11-10-12-6-2-3-7-13(12)16-14-8-4-5-9-15(14)18-17(11)16/h2-10H,1H3. The summed E-state index contributed by atoms with van der Waals surface area (Å²) in [7, 11) is 0. The topological polar surface area (TPSA) is 13.1 Å². The first-order valence-electron chi connectivity index (χ1n) is 6.14. The molecule has 1 nitrogen and oxygen atoms in total. The summed E-state index contributed by atoms with van der Waals surface area (Å²) in [6, 6.07) is 18.9. The van der Waals surface area contributed by atoms with Crippen LogP contribution in [0.25, 0.3) is 32.7 Å². The second-order valence-corrected chi connectivity index (χ2v) is 4.72. The van der Waals surface area contributed by atoms with Crippen molar-refractivity contribution in [1.82, 2.24) is 0 Å². The zero-order chi connectivity index (χ0) is 12.1. The highest BCUT2D eigenvalue weighted by Gasteiger charge is 2.11. The summed E-state index contributed by atoms with van der Waals surface area (Å²) in [4.78, 5) is 0. The van der Waals surface area contributed by atoms with Crippen LogP contribution in [-0.2, 0) is 0 Å². The van der Waals surface area contributed by atoms with Crippen molar-refractivity contribution in [3.8, 4) is 0 Å². The molecule has 0 atom stereocenters. The second-order valence-electron chi connectivity index (χ2n) is 4.72. The first kappa shape index (κ1) is 9.72. The molecule has 0 saturated heterocycles. The van der Waals surface area contributed by atoms with Crippen LogP contribution >= 0.6 is 0 Å². The van der Waals surface area contributed by atoms with Crippen molar-refractivity contribution in [3.63, 3.8) is 0 Å². The first-order valence-corrected chi connectivity index (χ1v) is 6.14. The maximum absolute atomic E-state index is 5.99. The van der Waals surface area contributed by atoms with Crippen molar-refractivity contribution >= 4 is 32.7 Å². The number of furan rings is 1. The van der Waals surface area contributed by atoms with Gasteiger partial charge >= 0.3 is 0 Å². The molecule has 1 heterocycles. The average molecular weight is 232 g/mol. The van der Waals surface area contributed by atoms with Crippen LogP contribution in [0.1, 0.15) is 5.56 Å². The minimum Gasteiger partial charge on any atom is -0.456 e. The molecular weight excluding hydrogens is 220 g/mol. The number of hydrogen-bond donors (Lipinski definition) is 0. The fourth-order valence-corrected chi connectivity index (χ4v) is 2.74. The van der Waals surface area contributed by atoms with Gasteiger partial charge in [-0.3, -0.25) is 0 Å². The summed E-state index contributed by atoms with van der Waals surface area (Å²) in [6.07, 6.45) is 0. The average Bonchev–Trinajstić information content (AvgIpc) is 2.79. The van der Waals surface area contributed by atoms with Crippen molar-refractivity contribution in [2.75, 3.05) is 0 Å². The van der Waals surface area contributed by atoms with E-state index in [-0.39, 0.29) is 0 Å². The summed E-state index contributed by atoms with van der Waals surface area (Å²) in [5.41, 5.74) is 3.17. The molecular formula is C17H12O. The highest BCUT2D eigenvalue weighted by Crippen LogP contribution is 2.36. The van der Waals surface area contributed by atoms with Gasteiger partial charge < -0.3 is 4.42 Å². The molecule has 0 aliphatic heterocycles. The van der Waals surface area contributed by atoms with Crippen LogP contribution in [0.5, 0.6) is 0 Å². The smallest absolute Gasteiger partial charge is 0.138 e. The van der Waals surface area contributed by atoms with E-state index in [0.717, 1.165) is 11.2 Å². The minimum absolute atomic E-state index is 0.965. The molecule has 86 valence electrons. The lowest BCUT2D eigenvalue weighted by Gasteiger charge is -2.01. The molecule has 0 aliphatic carbocycles. The largest absolute Gasteiger partial charge is 0.456 e. The van der Waals surface area contributed by atoms with E-state index in [2.05, 4.69) is 49.4 Å². The molecule has 4 aromatic rings. The number of aryl methyl sites for hydroxylation is 1. The van der Waals surface area contributed by atoms with E-state index < -0.39 is 0 Å². The molecule has 0 spiro atoms. The van der Waals surface area contributed by atoms with Gasteiger partial charge in [0.25, 0.3) is 0 Å². The van der Waals surface area contributed by atoms with E-state index in [9.17, 15) is 0 Å². The van der Waals surface area contributed by atoms with Gasteiger partial charge in [0.15, 0.2) is 0 Å². The zero-order valence-electron chi connectivity index (χ0n) is 10.1. The van der Waals surface area contributed by atoms with Gasteiger partial charge in [0, 0.05) is 10.8 Å². The van der Waals surface area contributed by atoms with Crippen LogP contribution in [0.3, 0.4) is 0 Å². The van der Waals surface area contributed by atoms with Gasteiger partial charge in [-0.2, -0.15) is 0 Å². The van der Waals surface area contributed by atoms with Crippen LogP contribution in [0.4, 0.5) is 0 Å². The van der Waals surface area contributed by atoms with Crippen LogP contribution in [0.2, 0.25) is 0 Å². The van der Waals surface area contributed by atoms with Gasteiger partial charge in [-0.1, -0.05) is 42.5 Å². The first-order chi connectivity index (χ1) is 8.84. The van der Waals surface area contributed by atoms with Gasteiger partial charge in [0.05, 0.1) is 0 Å². The Hall–Kier alpha value is -2.28. The van der Waals surface area contributed by atoms with E-state index in [0.29, 0.717) is 0 Å². The van der Waals surface area contributed by atoms with Crippen LogP contribution in [0.15, 0.2) is 59.0 Å². The predicted octanol–water partition coefficient (Wildman–Crippen LogP) is 5.05. The molecule has 1 aromatic heterocycles. The van der Waals surface area contributed by atoms with Crippen LogP contribution < -0.4 is 0 Å². The number of fused-ring (bicyclic) bond motifs is 5. The molecule has 0 fully saturated rings. The van der Waals surface area contributed by atoms with Crippen molar-refractivity contribution < 1.29 is 4.42 Å². The number of benzene rings is 3. The monoisotopic (exact) mass is 232 g/mol. The quantitative estimate of drug-likeness (QED) is 0.413. The maximum atomic E-state index is 5.99. The number of hydrogen-bond acceptors (Lipinski definition) is 1. The van der Waals surface area contributed by atoms with E-state index in [1.165, 1.54) is 27.1 Å². The van der Waals surface area contributed by atoms with E-state index in [4.69, 9.17) is 4.42 Å². The Bertz CT molecular complexity index is 884. The molecule has 3 aromatic carbocycles. The highest BCUT2D eigenvalue weighted by molar-refractivity contribution is 6.19. The lowest BCUT2D eigenvalue weighted by atomic mass is 10.0. The Balaban J connectivity index is 2.41. The number of para-hydroxylation sites is 1. The van der Waals surface area contributed by atoms with Gasteiger partial charge in [0.2, 0.25) is 0 Å². The summed E-state index contributed by atoms with van der Waals surface area (Å²) < 4.78 is 5.99. The van der Waals surface area contributed by atoms with E-state index in [1.807, 2.05) is 12.1 Å². The van der Waals surface area contributed by atoms with Gasteiger partial charge in [-0.05, 0) is 35.4 Å². The summed E-state index contributed by atoms with van der Waals surface area (Å²) in [5.74, 6) is 0. The SMILES string of the molecule is Cc1cc2ccccc2c2c1oc1ccccc12. The summed E-state index contributed by atoms with van der Waals surface area (Å²) in [5, 5.41) is 4.98. The molecule has 4 rings (SSSR count). The minimum atomic E-state index is 0.965. The van der Waals surface area contributed by atoms with Crippen LogP contribution in [0, 0.1) is 6.92 Å². The third kappa shape index (κ3) is 1.16. The summed E-state index contributed by atoms with van der Waals surface area (Å²) in [6.45, 7) is 2.11. The third-order valence-electron chi connectivity index (χ3n) is 3.56. The molecule has 0 aliphatic rings. The second kappa shape index (κ2) is 3.36. The zero-order valence-corrected chi connectivity index (χ0v) is 10.1. The number of rotatable bonds is 0. The lowest BCUT2D eigenvalue weighted by Crippen LogP contribution is -1.78. The highest BCUT2D eigenvalue weighted by atomic mass is 16.3. The normalized spacial score (nSPS) is 11.6. The molecule has 0 radical (unpaired) electrons. The van der Waals surface area contributed by atoms with Crippen molar-refractivity contribution in [2.45, 2.75) is 6.92 Å². The van der Waals surface area contributed by atoms with Crippen LogP contribution in [-0.4, -0.2) is 0 Å². The lowest BCUT2D eigenvalue weighted by molar-refractivity contribution is 0.666. The van der Waals surface area contributed by atoms with Crippen molar-refractivity contribution in [1.29, 1.82) is 0 Å². The van der Waals surface area contributed by atoms with E-state index in [1.54, 1.807) is 0 Å². The molecule has 0 N–H and O–H groups in total. The molecule has 0 unspecified atom stereocenters. The van der Waals surface area contributed by atoms with Gasteiger partial charge in [-0.25, -0.2) is 0 Å². The molecule has 0 amide bonds. The van der Waals surface area contributed by atoms with E-state index >= 15 is 0 Å². The Labute approximate surface area is 105 Å².